The van der Waals surface area contributed by atoms with Crippen LogP contribution in [0.5, 0.6) is 0 Å². The number of nitrogens with zero attached hydrogens (tertiary/aromatic N) is 3. The van der Waals surface area contributed by atoms with Gasteiger partial charge in [-0.25, -0.2) is 14.8 Å². The van der Waals surface area contributed by atoms with Gasteiger partial charge in [0.1, 0.15) is 11.8 Å². The summed E-state index contributed by atoms with van der Waals surface area (Å²) < 4.78 is 0. The zero-order valence-corrected chi connectivity index (χ0v) is 10.6. The van der Waals surface area contributed by atoms with Crippen molar-refractivity contribution in [1.82, 2.24) is 9.97 Å². The zero-order chi connectivity index (χ0) is 14.7. The van der Waals surface area contributed by atoms with E-state index in [-0.39, 0.29) is 11.3 Å². The zero-order valence-electron chi connectivity index (χ0n) is 10.6. The molecular formula is C13H11N5O2. The molecule has 7 nitrogen and oxygen atoms in total. The first-order valence-corrected chi connectivity index (χ1v) is 5.65. The van der Waals surface area contributed by atoms with Crippen LogP contribution in [0.3, 0.4) is 0 Å². The number of carbonyl (C=O) groups is 1. The van der Waals surface area contributed by atoms with E-state index in [0.717, 1.165) is 0 Å². The lowest BCUT2D eigenvalue weighted by Gasteiger charge is -2.10. The van der Waals surface area contributed by atoms with E-state index in [4.69, 9.17) is 16.1 Å². The summed E-state index contributed by atoms with van der Waals surface area (Å²) >= 11 is 0. The molecule has 0 amide bonds. The highest BCUT2D eigenvalue weighted by atomic mass is 16.4. The fourth-order valence-corrected chi connectivity index (χ4v) is 1.61. The van der Waals surface area contributed by atoms with Gasteiger partial charge in [-0.2, -0.15) is 5.26 Å². The number of aryl methyl sites for hydroxylation is 1. The Kier molecular flexibility index (Phi) is 3.48. The second-order valence-electron chi connectivity index (χ2n) is 4.03. The predicted octanol–water partition coefficient (Wildman–Crippen LogP) is 1.68. The number of nitriles is 1. The molecule has 0 unspecified atom stereocenters. The molecule has 0 aliphatic heterocycles. The number of nitrogens with one attached hydrogen (secondary N) is 1. The molecular weight excluding hydrogens is 258 g/mol. The Hall–Kier alpha value is -3.14. The van der Waals surface area contributed by atoms with Gasteiger partial charge in [0, 0.05) is 0 Å². The number of hydrogen-bond donors (Lipinski definition) is 3. The number of hydrogen-bond acceptors (Lipinski definition) is 6. The van der Waals surface area contributed by atoms with Crippen LogP contribution in [-0.4, -0.2) is 21.0 Å². The lowest BCUT2D eigenvalue weighted by atomic mass is 10.2. The third-order valence-electron chi connectivity index (χ3n) is 2.61. The molecule has 7 heteroatoms. The number of nitrogen functional groups attached to an aromatic ring is 1. The molecule has 2 aromatic rings. The number of pyridine rings is 2. The number of rotatable bonds is 3. The highest BCUT2D eigenvalue weighted by Crippen LogP contribution is 2.23. The van der Waals surface area contributed by atoms with Crippen LogP contribution in [0.4, 0.5) is 17.2 Å². The Morgan fingerprint density at radius 3 is 2.80 bits per heavy atom. The highest BCUT2D eigenvalue weighted by Gasteiger charge is 2.12. The molecule has 0 fully saturated rings. The third kappa shape index (κ3) is 2.64. The standard InChI is InChI=1S/C13H11N5O2/c1-7-10(13(19)20)4-11(15)12(17-7)18-9-3-2-8(5-14)16-6-9/h2-4,6H,15H2,1H3,(H,17,18)(H,19,20). The number of anilines is 3. The second kappa shape index (κ2) is 5.24. The molecule has 2 heterocycles. The van der Waals surface area contributed by atoms with Crippen LogP contribution in [0.1, 0.15) is 21.7 Å². The van der Waals surface area contributed by atoms with Crippen LogP contribution in [0, 0.1) is 18.3 Å². The molecule has 0 radical (unpaired) electrons. The molecule has 0 saturated heterocycles. The van der Waals surface area contributed by atoms with E-state index < -0.39 is 5.97 Å². The number of carboxylic acid groups (broad SMARTS) is 1. The SMILES string of the molecule is Cc1nc(Nc2ccc(C#N)nc2)c(N)cc1C(=O)O. The monoisotopic (exact) mass is 269 g/mol. The Morgan fingerprint density at radius 2 is 2.25 bits per heavy atom. The van der Waals surface area contributed by atoms with Gasteiger partial charge in [-0.05, 0) is 25.1 Å². The van der Waals surface area contributed by atoms with Gasteiger partial charge in [-0.15, -0.1) is 0 Å². The van der Waals surface area contributed by atoms with E-state index in [0.29, 0.717) is 22.9 Å². The van der Waals surface area contributed by atoms with Gasteiger partial charge in [0.2, 0.25) is 0 Å². The smallest absolute Gasteiger partial charge is 0.337 e. The molecule has 4 N–H and O–H groups in total. The fraction of sp³-hybridized carbons (Fsp3) is 0.0769. The summed E-state index contributed by atoms with van der Waals surface area (Å²) in [5.74, 6) is -0.729. The van der Waals surface area contributed by atoms with Crippen molar-refractivity contribution in [3.05, 3.63) is 41.3 Å². The molecule has 100 valence electrons. The minimum Gasteiger partial charge on any atom is -0.478 e. The van der Waals surface area contributed by atoms with Gasteiger partial charge in [0.25, 0.3) is 0 Å². The van der Waals surface area contributed by atoms with E-state index in [1.165, 1.54) is 12.3 Å². The maximum Gasteiger partial charge on any atom is 0.337 e. The first-order chi connectivity index (χ1) is 9.51. The van der Waals surface area contributed by atoms with Gasteiger partial charge < -0.3 is 16.2 Å². The van der Waals surface area contributed by atoms with Crippen LogP contribution in [-0.2, 0) is 0 Å². The fourth-order valence-electron chi connectivity index (χ4n) is 1.61. The molecule has 0 atom stereocenters. The quantitative estimate of drug-likeness (QED) is 0.773. The second-order valence-corrected chi connectivity index (χ2v) is 4.03. The van der Waals surface area contributed by atoms with Crippen LogP contribution in [0.25, 0.3) is 0 Å². The van der Waals surface area contributed by atoms with Crippen molar-refractivity contribution in [2.45, 2.75) is 6.92 Å². The molecule has 0 aliphatic rings. The minimum atomic E-state index is -1.08. The molecule has 0 spiro atoms. The molecule has 0 aromatic carbocycles. The van der Waals surface area contributed by atoms with Gasteiger partial charge in [-0.3, -0.25) is 0 Å². The van der Waals surface area contributed by atoms with Crippen molar-refractivity contribution in [3.63, 3.8) is 0 Å². The Morgan fingerprint density at radius 1 is 1.50 bits per heavy atom. The third-order valence-corrected chi connectivity index (χ3v) is 2.61. The largest absolute Gasteiger partial charge is 0.478 e. The van der Waals surface area contributed by atoms with E-state index in [1.807, 2.05) is 6.07 Å². The van der Waals surface area contributed by atoms with E-state index in [9.17, 15) is 4.79 Å². The van der Waals surface area contributed by atoms with Crippen molar-refractivity contribution in [2.75, 3.05) is 11.1 Å². The number of aromatic nitrogens is 2. The minimum absolute atomic E-state index is 0.0611. The lowest BCUT2D eigenvalue weighted by Crippen LogP contribution is -2.07. The first kappa shape index (κ1) is 13.3. The van der Waals surface area contributed by atoms with Gasteiger partial charge in [-0.1, -0.05) is 0 Å². The average molecular weight is 269 g/mol. The summed E-state index contributed by atoms with van der Waals surface area (Å²) in [6.45, 7) is 1.59. The molecule has 20 heavy (non-hydrogen) atoms. The number of nitrogens with two attached hydrogens (primary N) is 1. The number of carboxylic acids is 1. The summed E-state index contributed by atoms with van der Waals surface area (Å²) in [4.78, 5) is 19.0. The highest BCUT2D eigenvalue weighted by molar-refractivity contribution is 5.91. The van der Waals surface area contributed by atoms with Crippen molar-refractivity contribution in [2.24, 2.45) is 0 Å². The summed E-state index contributed by atoms with van der Waals surface area (Å²) in [6, 6.07) is 6.48. The van der Waals surface area contributed by atoms with Crippen molar-refractivity contribution < 1.29 is 9.90 Å². The van der Waals surface area contributed by atoms with Crippen molar-refractivity contribution >= 4 is 23.2 Å². The Balaban J connectivity index is 2.31. The van der Waals surface area contributed by atoms with Crippen LogP contribution in [0.15, 0.2) is 24.4 Å². The Bertz CT molecular complexity index is 704. The number of aromatic carboxylic acids is 1. The summed E-state index contributed by atoms with van der Waals surface area (Å²) in [5.41, 5.74) is 7.31. The molecule has 0 saturated carbocycles. The van der Waals surface area contributed by atoms with Crippen LogP contribution < -0.4 is 11.1 Å². The first-order valence-electron chi connectivity index (χ1n) is 5.65. The van der Waals surface area contributed by atoms with E-state index >= 15 is 0 Å². The molecule has 0 bridgehead atoms. The maximum absolute atomic E-state index is 11.0. The van der Waals surface area contributed by atoms with Crippen LogP contribution >= 0.6 is 0 Å². The molecule has 0 aliphatic carbocycles. The maximum atomic E-state index is 11.0. The lowest BCUT2D eigenvalue weighted by molar-refractivity contribution is 0.0695. The topological polar surface area (TPSA) is 125 Å². The van der Waals surface area contributed by atoms with Gasteiger partial charge >= 0.3 is 5.97 Å². The van der Waals surface area contributed by atoms with Crippen molar-refractivity contribution in [1.29, 1.82) is 5.26 Å². The molecule has 2 aromatic heterocycles. The van der Waals surface area contributed by atoms with Gasteiger partial charge in [0.15, 0.2) is 5.82 Å². The molecule has 2 rings (SSSR count). The Labute approximate surface area is 114 Å². The predicted molar refractivity (Wildman–Crippen MR) is 72.6 cm³/mol. The van der Waals surface area contributed by atoms with E-state index in [2.05, 4.69) is 15.3 Å². The van der Waals surface area contributed by atoms with Crippen molar-refractivity contribution in [3.8, 4) is 6.07 Å². The average Bonchev–Trinajstić information content (AvgIpc) is 2.43. The summed E-state index contributed by atoms with van der Waals surface area (Å²) in [5, 5.41) is 20.6. The van der Waals surface area contributed by atoms with E-state index in [1.54, 1.807) is 19.1 Å². The van der Waals surface area contributed by atoms with Gasteiger partial charge in [0.05, 0.1) is 28.8 Å². The van der Waals surface area contributed by atoms with Crippen LogP contribution in [0.2, 0.25) is 0 Å². The summed E-state index contributed by atoms with van der Waals surface area (Å²) in [6.07, 6.45) is 1.47. The summed E-state index contributed by atoms with van der Waals surface area (Å²) in [7, 11) is 0. The normalized spacial score (nSPS) is 9.80.